The monoisotopic (exact) mass is 409 g/mol. The SMILES string of the molecule is Cc1ccccc1-c1noc(CN2CCN(CC(=O)Nc3cccc(F)c3)CC2)n1. The number of amides is 1. The van der Waals surface area contributed by atoms with Crippen molar-refractivity contribution in [2.24, 2.45) is 0 Å². The van der Waals surface area contributed by atoms with E-state index in [9.17, 15) is 9.18 Å². The zero-order valence-electron chi connectivity index (χ0n) is 16.8. The summed E-state index contributed by atoms with van der Waals surface area (Å²) in [7, 11) is 0. The number of nitrogens with zero attached hydrogens (tertiary/aromatic N) is 4. The molecule has 2 aromatic carbocycles. The molecule has 0 aliphatic carbocycles. The molecule has 1 N–H and O–H groups in total. The molecule has 0 atom stereocenters. The summed E-state index contributed by atoms with van der Waals surface area (Å²) in [6.45, 7) is 6.01. The third kappa shape index (κ3) is 5.08. The van der Waals surface area contributed by atoms with Crippen molar-refractivity contribution in [1.29, 1.82) is 0 Å². The van der Waals surface area contributed by atoms with Crippen LogP contribution in [-0.2, 0) is 11.3 Å². The molecule has 1 fully saturated rings. The number of rotatable bonds is 6. The third-order valence-electron chi connectivity index (χ3n) is 5.15. The fourth-order valence-electron chi connectivity index (χ4n) is 3.52. The second kappa shape index (κ2) is 9.15. The van der Waals surface area contributed by atoms with Gasteiger partial charge in [0.25, 0.3) is 0 Å². The normalized spacial score (nSPS) is 15.3. The van der Waals surface area contributed by atoms with E-state index in [1.165, 1.54) is 12.1 Å². The lowest BCUT2D eigenvalue weighted by molar-refractivity contribution is -0.117. The minimum atomic E-state index is -0.368. The molecule has 4 rings (SSSR count). The van der Waals surface area contributed by atoms with Gasteiger partial charge in [-0.3, -0.25) is 14.6 Å². The lowest BCUT2D eigenvalue weighted by Gasteiger charge is -2.33. The lowest BCUT2D eigenvalue weighted by atomic mass is 10.1. The van der Waals surface area contributed by atoms with Crippen molar-refractivity contribution in [3.05, 3.63) is 65.8 Å². The van der Waals surface area contributed by atoms with Crippen molar-refractivity contribution in [2.45, 2.75) is 13.5 Å². The highest BCUT2D eigenvalue weighted by Crippen LogP contribution is 2.20. The molecule has 0 radical (unpaired) electrons. The van der Waals surface area contributed by atoms with Crippen LogP contribution in [0.5, 0.6) is 0 Å². The highest BCUT2D eigenvalue weighted by Gasteiger charge is 2.21. The Bertz CT molecular complexity index is 1010. The first-order valence-electron chi connectivity index (χ1n) is 9.95. The molecular formula is C22H24FN5O2. The fraction of sp³-hybridized carbons (Fsp3) is 0.318. The number of benzene rings is 2. The number of carbonyl (C=O) groups excluding carboxylic acids is 1. The van der Waals surface area contributed by atoms with Crippen molar-refractivity contribution >= 4 is 11.6 Å². The quantitative estimate of drug-likeness (QED) is 0.675. The van der Waals surface area contributed by atoms with E-state index in [1.807, 2.05) is 31.2 Å². The van der Waals surface area contributed by atoms with E-state index in [1.54, 1.807) is 12.1 Å². The molecule has 3 aromatic rings. The van der Waals surface area contributed by atoms with Crippen molar-refractivity contribution in [2.75, 3.05) is 38.0 Å². The van der Waals surface area contributed by atoms with E-state index < -0.39 is 0 Å². The van der Waals surface area contributed by atoms with Gasteiger partial charge in [-0.25, -0.2) is 4.39 Å². The highest BCUT2D eigenvalue weighted by molar-refractivity contribution is 5.92. The summed E-state index contributed by atoms with van der Waals surface area (Å²) < 4.78 is 18.7. The van der Waals surface area contributed by atoms with Crippen molar-refractivity contribution in [3.8, 4) is 11.4 Å². The van der Waals surface area contributed by atoms with Crippen LogP contribution >= 0.6 is 0 Å². The molecule has 1 aromatic heterocycles. The first-order chi connectivity index (χ1) is 14.6. The van der Waals surface area contributed by atoms with E-state index in [4.69, 9.17) is 4.52 Å². The second-order valence-corrected chi connectivity index (χ2v) is 7.44. The summed E-state index contributed by atoms with van der Waals surface area (Å²) in [5, 5.41) is 6.85. The van der Waals surface area contributed by atoms with E-state index in [0.29, 0.717) is 23.9 Å². The number of aryl methyl sites for hydroxylation is 1. The van der Waals surface area contributed by atoms with Crippen LogP contribution in [0, 0.1) is 12.7 Å². The standard InChI is InChI=1S/C22H24FN5O2/c1-16-5-2-3-8-19(16)22-25-21(30-26-22)15-28-11-9-27(10-12-28)14-20(29)24-18-7-4-6-17(23)13-18/h2-8,13H,9-12,14-15H2,1H3,(H,24,29). The predicted molar refractivity (Wildman–Crippen MR) is 111 cm³/mol. The molecule has 0 bridgehead atoms. The van der Waals surface area contributed by atoms with Gasteiger partial charge in [-0.1, -0.05) is 35.5 Å². The number of hydrogen-bond acceptors (Lipinski definition) is 6. The first kappa shape index (κ1) is 20.2. The minimum Gasteiger partial charge on any atom is -0.338 e. The van der Waals surface area contributed by atoms with Crippen LogP contribution in [0.1, 0.15) is 11.5 Å². The largest absolute Gasteiger partial charge is 0.338 e. The van der Waals surface area contributed by atoms with Gasteiger partial charge in [0.15, 0.2) is 0 Å². The van der Waals surface area contributed by atoms with E-state index in [2.05, 4.69) is 25.3 Å². The lowest BCUT2D eigenvalue weighted by Crippen LogP contribution is -2.48. The Morgan fingerprint density at radius 2 is 1.87 bits per heavy atom. The number of hydrogen-bond donors (Lipinski definition) is 1. The van der Waals surface area contributed by atoms with Crippen molar-refractivity contribution in [1.82, 2.24) is 19.9 Å². The maximum Gasteiger partial charge on any atom is 0.241 e. The zero-order chi connectivity index (χ0) is 20.9. The molecule has 30 heavy (non-hydrogen) atoms. The summed E-state index contributed by atoms with van der Waals surface area (Å²) in [4.78, 5) is 21.0. The van der Waals surface area contributed by atoms with E-state index >= 15 is 0 Å². The van der Waals surface area contributed by atoms with Gasteiger partial charge in [-0.05, 0) is 30.7 Å². The summed E-state index contributed by atoms with van der Waals surface area (Å²) in [6, 6.07) is 13.9. The number of nitrogens with one attached hydrogen (secondary N) is 1. The van der Waals surface area contributed by atoms with Gasteiger partial charge in [-0.15, -0.1) is 0 Å². The number of piperazine rings is 1. The smallest absolute Gasteiger partial charge is 0.241 e. The van der Waals surface area contributed by atoms with Crippen LogP contribution in [-0.4, -0.2) is 58.6 Å². The average molecular weight is 409 g/mol. The summed E-state index contributed by atoms with van der Waals surface area (Å²) in [6.07, 6.45) is 0. The van der Waals surface area contributed by atoms with Gasteiger partial charge < -0.3 is 9.84 Å². The van der Waals surface area contributed by atoms with E-state index in [0.717, 1.165) is 37.3 Å². The average Bonchev–Trinajstić information content (AvgIpc) is 3.18. The zero-order valence-corrected chi connectivity index (χ0v) is 16.8. The van der Waals surface area contributed by atoms with Crippen molar-refractivity contribution < 1.29 is 13.7 Å². The Balaban J connectivity index is 1.25. The van der Waals surface area contributed by atoms with Crippen LogP contribution in [0.2, 0.25) is 0 Å². The Hall–Kier alpha value is -3.10. The molecule has 7 nitrogen and oxygen atoms in total. The number of anilines is 1. The molecule has 1 amide bonds. The molecular weight excluding hydrogens is 385 g/mol. The van der Waals surface area contributed by atoms with Crippen LogP contribution in [0.25, 0.3) is 11.4 Å². The molecule has 1 aliphatic heterocycles. The highest BCUT2D eigenvalue weighted by atomic mass is 19.1. The van der Waals surface area contributed by atoms with Crippen LogP contribution in [0.15, 0.2) is 53.1 Å². The van der Waals surface area contributed by atoms with Gasteiger partial charge in [0.05, 0.1) is 13.1 Å². The molecule has 1 aliphatic rings. The minimum absolute atomic E-state index is 0.145. The van der Waals surface area contributed by atoms with Crippen LogP contribution in [0.4, 0.5) is 10.1 Å². The molecule has 0 saturated carbocycles. The van der Waals surface area contributed by atoms with Gasteiger partial charge in [0, 0.05) is 37.4 Å². The molecule has 2 heterocycles. The maximum atomic E-state index is 13.2. The van der Waals surface area contributed by atoms with Crippen LogP contribution < -0.4 is 5.32 Å². The van der Waals surface area contributed by atoms with Gasteiger partial charge in [0.2, 0.25) is 17.6 Å². The van der Waals surface area contributed by atoms with Gasteiger partial charge >= 0.3 is 0 Å². The molecule has 1 saturated heterocycles. The molecule has 0 unspecified atom stereocenters. The van der Waals surface area contributed by atoms with Gasteiger partial charge in [0.1, 0.15) is 5.82 Å². The first-order valence-corrected chi connectivity index (χ1v) is 9.95. The number of aromatic nitrogens is 2. The second-order valence-electron chi connectivity index (χ2n) is 7.44. The Kier molecular flexibility index (Phi) is 6.15. The Morgan fingerprint density at radius 1 is 1.10 bits per heavy atom. The van der Waals surface area contributed by atoms with Crippen LogP contribution in [0.3, 0.4) is 0 Å². The maximum absolute atomic E-state index is 13.2. The predicted octanol–water partition coefficient (Wildman–Crippen LogP) is 2.94. The summed E-state index contributed by atoms with van der Waals surface area (Å²) >= 11 is 0. The third-order valence-corrected chi connectivity index (χ3v) is 5.15. The molecule has 8 heteroatoms. The molecule has 0 spiro atoms. The topological polar surface area (TPSA) is 74.5 Å². The Labute approximate surface area is 174 Å². The van der Waals surface area contributed by atoms with Gasteiger partial charge in [-0.2, -0.15) is 4.98 Å². The summed E-state index contributed by atoms with van der Waals surface area (Å²) in [5.41, 5.74) is 2.55. The fourth-order valence-corrected chi connectivity index (χ4v) is 3.52. The van der Waals surface area contributed by atoms with Crippen molar-refractivity contribution in [3.63, 3.8) is 0 Å². The Morgan fingerprint density at radius 3 is 2.63 bits per heavy atom. The number of carbonyl (C=O) groups is 1. The summed E-state index contributed by atoms with van der Waals surface area (Å²) in [5.74, 6) is 0.683. The molecule has 156 valence electrons. The van der Waals surface area contributed by atoms with E-state index in [-0.39, 0.29) is 18.3 Å². The number of halogens is 1.